The van der Waals surface area contributed by atoms with Crippen molar-refractivity contribution >= 4 is 22.8 Å². The van der Waals surface area contributed by atoms with Gasteiger partial charge in [0.1, 0.15) is 0 Å². The number of aryl methyl sites for hydroxylation is 2. The van der Waals surface area contributed by atoms with Crippen LogP contribution in [0.3, 0.4) is 0 Å². The molecule has 0 saturated heterocycles. The van der Waals surface area contributed by atoms with E-state index >= 15 is 0 Å². The first-order valence-electron chi connectivity index (χ1n) is 26.0. The van der Waals surface area contributed by atoms with Gasteiger partial charge in [-0.15, -0.1) is 23.7 Å². The minimum atomic E-state index is 0. The number of rotatable bonds is 37. The molecule has 0 spiro atoms. The molecular formula is C58H92N2Ni. The van der Waals surface area contributed by atoms with Gasteiger partial charge >= 0.3 is 0 Å². The van der Waals surface area contributed by atoms with E-state index in [2.05, 4.69) is 99.9 Å². The summed E-state index contributed by atoms with van der Waals surface area (Å²) < 4.78 is 0. The Balaban J connectivity index is 0.0000186. The average molecular weight is 876 g/mol. The molecule has 61 heavy (non-hydrogen) atoms. The molecule has 344 valence electrons. The molecule has 2 rings (SSSR count). The zero-order valence-electron chi connectivity index (χ0n) is 40.3. The predicted molar refractivity (Wildman–Crippen MR) is 270 cm³/mol. The van der Waals surface area contributed by atoms with Crippen LogP contribution in [0.25, 0.3) is 0 Å². The van der Waals surface area contributed by atoms with Gasteiger partial charge in [-0.05, 0) is 87.5 Å². The Hall–Kier alpha value is -2.61. The molecule has 0 aromatic heterocycles. The number of nitrogens with zero attached hydrogens (tertiary/aromatic N) is 2. The average Bonchev–Trinajstić information content (AvgIpc) is 3.27. The fraction of sp³-hybridized carbons (Fsp3) is 0.690. The molecule has 0 N–H and O–H groups in total. The van der Waals surface area contributed by atoms with Crippen molar-refractivity contribution in [2.24, 2.45) is 9.98 Å². The maximum absolute atomic E-state index is 5.45. The molecule has 0 aliphatic rings. The Labute approximate surface area is 389 Å². The van der Waals surface area contributed by atoms with Crippen molar-refractivity contribution in [2.75, 3.05) is 0 Å². The molecule has 0 saturated carbocycles. The summed E-state index contributed by atoms with van der Waals surface area (Å²) in [6.45, 7) is 9.15. The minimum absolute atomic E-state index is 0. The van der Waals surface area contributed by atoms with Crippen molar-refractivity contribution in [1.29, 1.82) is 0 Å². The molecule has 2 aromatic carbocycles. The molecule has 0 unspecified atom stereocenters. The molecule has 0 atom stereocenters. The predicted octanol–water partition coefficient (Wildman–Crippen LogP) is 19.0. The first-order chi connectivity index (χ1) is 29.7. The molecular weight excluding hydrogens is 783 g/mol. The summed E-state index contributed by atoms with van der Waals surface area (Å²) in [5.41, 5.74) is 7.24. The molecule has 0 amide bonds. The van der Waals surface area contributed by atoms with Crippen LogP contribution in [0.4, 0.5) is 11.4 Å². The molecule has 0 fully saturated rings. The molecule has 2 nitrogen and oxygen atoms in total. The van der Waals surface area contributed by atoms with Gasteiger partial charge in [-0.2, -0.15) is 0 Å². The second kappa shape index (κ2) is 42.7. The SMILES string of the molecule is CCCCCCCCCCCCCC#CCCCc1ccccc1N=C(CCCC)C(CCCC)=Nc1ccccc1CCCC#CCCCCCCCCCCCCC.[Ni]. The standard InChI is InChI=1S/C58H92N2.Ni/c1-5-9-13-15-17-19-21-23-25-27-29-31-33-35-37-39-45-53-47-41-43-51-55(53)59-57(49-11-7-3)58(50-12-8-4)60-56-52-44-42-48-54(56)46-40-38-36-34-32-30-28-26-24-22-20-18-16-14-10-6-2;/h41-44,47-48,51-52H,5-32,37-40,45-46,49-50H2,1-4H3;. The Kier molecular flexibility index (Phi) is 39.5. The normalized spacial score (nSPS) is 11.5. The zero-order valence-corrected chi connectivity index (χ0v) is 41.3. The summed E-state index contributed by atoms with van der Waals surface area (Å²) in [5.74, 6) is 13.9. The van der Waals surface area contributed by atoms with E-state index < -0.39 is 0 Å². The van der Waals surface area contributed by atoms with Crippen LogP contribution in [0.5, 0.6) is 0 Å². The van der Waals surface area contributed by atoms with Gasteiger partial charge in [0.15, 0.2) is 0 Å². The first-order valence-corrected chi connectivity index (χ1v) is 26.0. The van der Waals surface area contributed by atoms with Gasteiger partial charge in [0.05, 0.1) is 22.8 Å². The van der Waals surface area contributed by atoms with Crippen molar-refractivity contribution in [3.63, 3.8) is 0 Å². The van der Waals surface area contributed by atoms with Crippen molar-refractivity contribution in [3.05, 3.63) is 59.7 Å². The van der Waals surface area contributed by atoms with E-state index in [4.69, 9.17) is 9.98 Å². The maximum atomic E-state index is 5.45. The van der Waals surface area contributed by atoms with Gasteiger partial charge in [-0.25, -0.2) is 0 Å². The van der Waals surface area contributed by atoms with Gasteiger partial charge in [-0.1, -0.05) is 205 Å². The first kappa shape index (κ1) is 56.4. The number of hydrogen-bond donors (Lipinski definition) is 0. The fourth-order valence-electron chi connectivity index (χ4n) is 8.01. The van der Waals surface area contributed by atoms with Gasteiger partial charge < -0.3 is 0 Å². The van der Waals surface area contributed by atoms with E-state index in [-0.39, 0.29) is 16.5 Å². The number of para-hydroxylation sites is 2. The molecule has 0 aliphatic carbocycles. The van der Waals surface area contributed by atoms with Crippen molar-refractivity contribution in [3.8, 4) is 23.7 Å². The molecule has 3 heteroatoms. The molecule has 2 aromatic rings. The monoisotopic (exact) mass is 875 g/mol. The van der Waals surface area contributed by atoms with Crippen molar-refractivity contribution in [2.45, 2.75) is 259 Å². The minimum Gasteiger partial charge on any atom is -0.251 e. The summed E-state index contributed by atoms with van der Waals surface area (Å²) in [4.78, 5) is 10.9. The second-order valence-corrected chi connectivity index (χ2v) is 17.6. The third-order valence-electron chi connectivity index (χ3n) is 11.9. The van der Waals surface area contributed by atoms with E-state index in [1.165, 1.54) is 164 Å². The van der Waals surface area contributed by atoms with Gasteiger partial charge in [0.2, 0.25) is 0 Å². The third kappa shape index (κ3) is 31.0. The number of unbranched alkanes of at least 4 members (excludes halogenated alkanes) is 26. The molecule has 0 radical (unpaired) electrons. The van der Waals surface area contributed by atoms with Crippen LogP contribution in [-0.4, -0.2) is 11.4 Å². The van der Waals surface area contributed by atoms with E-state index in [0.717, 1.165) is 101 Å². The van der Waals surface area contributed by atoms with Crippen LogP contribution in [0.1, 0.15) is 257 Å². The Morgan fingerprint density at radius 3 is 0.951 bits per heavy atom. The van der Waals surface area contributed by atoms with Crippen LogP contribution < -0.4 is 0 Å². The maximum Gasteiger partial charge on any atom is 0.0665 e. The second-order valence-electron chi connectivity index (χ2n) is 17.6. The largest absolute Gasteiger partial charge is 0.251 e. The van der Waals surface area contributed by atoms with Crippen LogP contribution in [0.15, 0.2) is 58.5 Å². The summed E-state index contributed by atoms with van der Waals surface area (Å²) in [6.07, 6.45) is 45.2. The van der Waals surface area contributed by atoms with Crippen LogP contribution >= 0.6 is 0 Å². The van der Waals surface area contributed by atoms with Gasteiger partial charge in [0, 0.05) is 42.2 Å². The van der Waals surface area contributed by atoms with Gasteiger partial charge in [-0.3, -0.25) is 9.98 Å². The van der Waals surface area contributed by atoms with Crippen LogP contribution in [0, 0.1) is 23.7 Å². The van der Waals surface area contributed by atoms with Crippen LogP contribution in [0.2, 0.25) is 0 Å². The third-order valence-corrected chi connectivity index (χ3v) is 11.9. The molecule has 0 heterocycles. The fourth-order valence-corrected chi connectivity index (χ4v) is 8.01. The van der Waals surface area contributed by atoms with E-state index in [9.17, 15) is 0 Å². The van der Waals surface area contributed by atoms with Crippen molar-refractivity contribution in [1.82, 2.24) is 0 Å². The van der Waals surface area contributed by atoms with E-state index in [0.29, 0.717) is 0 Å². The zero-order chi connectivity index (χ0) is 42.8. The number of benzene rings is 2. The van der Waals surface area contributed by atoms with Crippen LogP contribution in [-0.2, 0) is 29.3 Å². The quantitative estimate of drug-likeness (QED) is 0.0280. The number of aliphatic imine (C=N–C) groups is 2. The van der Waals surface area contributed by atoms with E-state index in [1.54, 1.807) is 0 Å². The Morgan fingerprint density at radius 1 is 0.344 bits per heavy atom. The molecule has 0 bridgehead atoms. The summed E-state index contributed by atoms with van der Waals surface area (Å²) in [6, 6.07) is 17.6. The van der Waals surface area contributed by atoms with Gasteiger partial charge in [0.25, 0.3) is 0 Å². The summed E-state index contributed by atoms with van der Waals surface area (Å²) >= 11 is 0. The Bertz CT molecular complexity index is 1380. The van der Waals surface area contributed by atoms with Crippen molar-refractivity contribution < 1.29 is 16.5 Å². The molecule has 0 aliphatic heterocycles. The Morgan fingerprint density at radius 2 is 0.623 bits per heavy atom. The summed E-state index contributed by atoms with van der Waals surface area (Å²) in [7, 11) is 0. The smallest absolute Gasteiger partial charge is 0.0665 e. The number of hydrogen-bond acceptors (Lipinski definition) is 2. The topological polar surface area (TPSA) is 24.7 Å². The van der Waals surface area contributed by atoms with E-state index in [1.807, 2.05) is 0 Å². The summed E-state index contributed by atoms with van der Waals surface area (Å²) in [5, 5.41) is 0.